The molecule has 0 aromatic carbocycles. The van der Waals surface area contributed by atoms with Gasteiger partial charge in [0.1, 0.15) is 18.3 Å². The van der Waals surface area contributed by atoms with E-state index in [1.54, 1.807) is 0 Å². The van der Waals surface area contributed by atoms with Crippen molar-refractivity contribution >= 4 is 11.9 Å². The summed E-state index contributed by atoms with van der Waals surface area (Å²) in [5.74, 6) is -5.98. The number of aliphatic hydroxyl groups is 3. The topological polar surface area (TPSA) is 151 Å². The Bertz CT molecular complexity index is 513. The van der Waals surface area contributed by atoms with Crippen LogP contribution in [0.25, 0.3) is 0 Å². The molecule has 1 saturated heterocycles. The van der Waals surface area contributed by atoms with Gasteiger partial charge in [0.05, 0.1) is 25.3 Å². The van der Waals surface area contributed by atoms with E-state index in [1.165, 1.54) is 0 Å². The second kappa shape index (κ2) is 10.2. The first-order valence-electron chi connectivity index (χ1n) is 8.77. The maximum absolute atomic E-state index is 15.1. The normalized spacial score (nSPS) is 33.2. The fraction of sp³-hybridized carbons (Fsp3) is 0.875. The van der Waals surface area contributed by atoms with Gasteiger partial charge in [0, 0.05) is 6.92 Å². The number of halogens is 2. The summed E-state index contributed by atoms with van der Waals surface area (Å²) in [7, 11) is 0. The van der Waals surface area contributed by atoms with Crippen molar-refractivity contribution in [2.75, 3.05) is 13.2 Å². The molecule has 6 N–H and O–H groups in total. The molecule has 1 amide bonds. The second-order valence-electron chi connectivity index (χ2n) is 6.52. The van der Waals surface area contributed by atoms with Crippen molar-refractivity contribution in [3.63, 3.8) is 0 Å². The van der Waals surface area contributed by atoms with Crippen LogP contribution in [0.4, 0.5) is 8.78 Å². The zero-order valence-electron chi connectivity index (χ0n) is 15.3. The summed E-state index contributed by atoms with van der Waals surface area (Å²) in [6, 6.07) is -3.26. The van der Waals surface area contributed by atoms with E-state index < -0.39 is 60.9 Å². The van der Waals surface area contributed by atoms with Gasteiger partial charge >= 0.3 is 11.8 Å². The molecule has 0 aromatic heterocycles. The fourth-order valence-corrected chi connectivity index (χ4v) is 2.78. The number of amides is 1. The highest BCUT2D eigenvalue weighted by atomic mass is 19.2. The molecule has 0 spiro atoms. The maximum atomic E-state index is 15.1. The average molecular weight is 398 g/mol. The molecule has 0 saturated carbocycles. The van der Waals surface area contributed by atoms with Crippen molar-refractivity contribution in [3.8, 4) is 0 Å². The number of unbranched alkanes of at least 4 members (excludes halogenated alkanes) is 2. The monoisotopic (exact) mass is 398 g/mol. The van der Waals surface area contributed by atoms with Crippen molar-refractivity contribution in [3.05, 3.63) is 0 Å². The molecule has 9 nitrogen and oxygen atoms in total. The number of carbonyl (C=O) groups is 2. The number of ether oxygens (including phenoxy) is 2. The van der Waals surface area contributed by atoms with Crippen LogP contribution in [0.3, 0.4) is 0 Å². The van der Waals surface area contributed by atoms with Crippen LogP contribution in [-0.4, -0.2) is 82.8 Å². The lowest BCUT2D eigenvalue weighted by Crippen LogP contribution is -2.73. The van der Waals surface area contributed by atoms with Crippen LogP contribution in [0.15, 0.2) is 0 Å². The summed E-state index contributed by atoms with van der Waals surface area (Å²) in [5.41, 5.74) is 5.66. The third-order valence-corrected chi connectivity index (χ3v) is 4.32. The van der Waals surface area contributed by atoms with Gasteiger partial charge in [-0.3, -0.25) is 4.79 Å². The van der Waals surface area contributed by atoms with Crippen LogP contribution in [-0.2, 0) is 19.1 Å². The third-order valence-electron chi connectivity index (χ3n) is 4.32. The van der Waals surface area contributed by atoms with E-state index in [1.807, 2.05) is 6.92 Å². The molecule has 1 rings (SSSR count). The van der Waals surface area contributed by atoms with E-state index in [-0.39, 0.29) is 6.61 Å². The smallest absolute Gasteiger partial charge is 0.375 e. The lowest BCUT2D eigenvalue weighted by Gasteiger charge is -2.46. The first-order chi connectivity index (χ1) is 12.6. The summed E-state index contributed by atoms with van der Waals surface area (Å²) in [6.07, 6.45) is -6.33. The highest BCUT2D eigenvalue weighted by molar-refractivity contribution is 5.79. The minimum Gasteiger partial charge on any atom is -0.461 e. The predicted octanol–water partition coefficient (Wildman–Crippen LogP) is -1.33. The van der Waals surface area contributed by atoms with Crippen LogP contribution < -0.4 is 11.1 Å². The summed E-state index contributed by atoms with van der Waals surface area (Å²) in [5, 5.41) is 30.9. The number of nitrogens with two attached hydrogens (primary N) is 1. The number of nitrogens with one attached hydrogen (secondary N) is 1. The molecular formula is C16H28F2N2O7. The van der Waals surface area contributed by atoms with E-state index >= 15 is 4.39 Å². The molecule has 158 valence electrons. The molecule has 7 atom stereocenters. The van der Waals surface area contributed by atoms with Gasteiger partial charge < -0.3 is 35.8 Å². The number of hydrogen-bond acceptors (Lipinski definition) is 8. The van der Waals surface area contributed by atoms with Crippen molar-refractivity contribution in [2.45, 2.75) is 75.5 Å². The van der Waals surface area contributed by atoms with Gasteiger partial charge in [-0.15, -0.1) is 0 Å². The van der Waals surface area contributed by atoms with Gasteiger partial charge in [-0.25, -0.2) is 9.18 Å². The van der Waals surface area contributed by atoms with Crippen molar-refractivity contribution in [2.24, 2.45) is 5.73 Å². The van der Waals surface area contributed by atoms with Gasteiger partial charge in [-0.1, -0.05) is 19.8 Å². The number of carbonyl (C=O) groups excluding carboxylic acids is 2. The van der Waals surface area contributed by atoms with Crippen molar-refractivity contribution < 1.29 is 43.2 Å². The first-order valence-corrected chi connectivity index (χ1v) is 8.77. The van der Waals surface area contributed by atoms with Crippen LogP contribution in [0, 0.1) is 0 Å². The number of aliphatic hydroxyl groups excluding tert-OH is 3. The molecule has 1 aliphatic heterocycles. The van der Waals surface area contributed by atoms with E-state index in [0.717, 1.165) is 13.3 Å². The quantitative estimate of drug-likeness (QED) is 0.237. The maximum Gasteiger partial charge on any atom is 0.375 e. The van der Waals surface area contributed by atoms with Crippen LogP contribution in [0.5, 0.6) is 0 Å². The standard InChI is InChI=1S/C16H28F2N2O7/c1-3-4-5-6-26-15(25)16(18)14(17)10(19)11(20-8(2)22)13(27-16)12(24)9(23)7-21/h9-14,21,23-24H,3-7,19H2,1-2H3,(H,20,22)/t9-,10-,11-,12-,13-,14-,16-/m1/s1. The number of rotatable bonds is 9. The number of hydrogen-bond donors (Lipinski definition) is 5. The molecule has 0 aromatic rings. The molecule has 0 aliphatic carbocycles. The highest BCUT2D eigenvalue weighted by Gasteiger charge is 2.62. The summed E-state index contributed by atoms with van der Waals surface area (Å²) in [6.45, 7) is 1.89. The molecule has 0 unspecified atom stereocenters. The number of alkyl halides is 2. The predicted molar refractivity (Wildman–Crippen MR) is 88.8 cm³/mol. The van der Waals surface area contributed by atoms with E-state index in [2.05, 4.69) is 5.32 Å². The molecule has 27 heavy (non-hydrogen) atoms. The molecule has 1 heterocycles. The van der Waals surface area contributed by atoms with E-state index in [0.29, 0.717) is 12.8 Å². The Morgan fingerprint density at radius 3 is 2.52 bits per heavy atom. The Labute approximate surface area is 155 Å². The molecule has 0 bridgehead atoms. The zero-order valence-corrected chi connectivity index (χ0v) is 15.3. The number of esters is 1. The second-order valence-corrected chi connectivity index (χ2v) is 6.52. The van der Waals surface area contributed by atoms with Gasteiger partial charge in [-0.05, 0) is 6.42 Å². The molecule has 1 fully saturated rings. The summed E-state index contributed by atoms with van der Waals surface area (Å²) in [4.78, 5) is 23.4. The van der Waals surface area contributed by atoms with Crippen LogP contribution >= 0.6 is 0 Å². The van der Waals surface area contributed by atoms with E-state index in [9.17, 15) is 24.2 Å². The lowest BCUT2D eigenvalue weighted by molar-refractivity contribution is -0.278. The van der Waals surface area contributed by atoms with Gasteiger partial charge in [0.25, 0.3) is 0 Å². The molecule has 0 radical (unpaired) electrons. The Morgan fingerprint density at radius 2 is 2.00 bits per heavy atom. The summed E-state index contributed by atoms with van der Waals surface area (Å²) >= 11 is 0. The minimum atomic E-state index is -3.64. The fourth-order valence-electron chi connectivity index (χ4n) is 2.78. The molecule has 1 aliphatic rings. The Morgan fingerprint density at radius 1 is 1.37 bits per heavy atom. The van der Waals surface area contributed by atoms with Crippen LogP contribution in [0.1, 0.15) is 33.1 Å². The van der Waals surface area contributed by atoms with Gasteiger partial charge in [0.2, 0.25) is 5.91 Å². The molecular weight excluding hydrogens is 370 g/mol. The summed E-state index contributed by atoms with van der Waals surface area (Å²) < 4.78 is 39.3. The van der Waals surface area contributed by atoms with Gasteiger partial charge in [-0.2, -0.15) is 4.39 Å². The first kappa shape index (κ1) is 23.6. The minimum absolute atomic E-state index is 0.161. The largest absolute Gasteiger partial charge is 0.461 e. The Hall–Kier alpha value is -1.40. The zero-order chi connectivity index (χ0) is 20.8. The Kier molecular flexibility index (Phi) is 8.95. The van der Waals surface area contributed by atoms with Gasteiger partial charge in [0.15, 0.2) is 6.17 Å². The van der Waals surface area contributed by atoms with Crippen LogP contribution in [0.2, 0.25) is 0 Å². The molecule has 11 heteroatoms. The Balaban J connectivity index is 3.07. The lowest BCUT2D eigenvalue weighted by atomic mass is 9.86. The van der Waals surface area contributed by atoms with E-state index in [4.69, 9.17) is 20.3 Å². The average Bonchev–Trinajstić information content (AvgIpc) is 2.63. The third kappa shape index (κ3) is 5.55. The highest BCUT2D eigenvalue weighted by Crippen LogP contribution is 2.35. The SMILES string of the molecule is CCCCCOC(=O)[C@]1(F)O[C@@H]([C@H](O)[C@H](O)CO)[C@H](NC(C)=O)[C@@H](N)[C@H]1F. The van der Waals surface area contributed by atoms with Crippen molar-refractivity contribution in [1.82, 2.24) is 5.32 Å². The van der Waals surface area contributed by atoms with Crippen molar-refractivity contribution in [1.29, 1.82) is 0 Å².